The molecule has 1 heterocycles. The smallest absolute Gasteiger partial charge is 0.420 e. The molecule has 2 N–H and O–H groups in total. The minimum absolute atomic E-state index is 0.137. The van der Waals surface area contributed by atoms with Crippen molar-refractivity contribution < 1.29 is 14.3 Å². The highest BCUT2D eigenvalue weighted by Crippen LogP contribution is 2.21. The van der Waals surface area contributed by atoms with E-state index >= 15 is 0 Å². The molecule has 0 bridgehead atoms. The van der Waals surface area contributed by atoms with Gasteiger partial charge in [-0.15, -0.1) is 0 Å². The van der Waals surface area contributed by atoms with Crippen LogP contribution in [0, 0.1) is 0 Å². The standard InChI is InChI=1S/C19H21N3O3/c1-19(2,3)25-18(23)22-16-7-5-4-6-15(16)21-17(22)12-24-14-10-8-13(20)9-11-14/h4-11H,12,20H2,1-3H3. The van der Waals surface area contributed by atoms with Crippen molar-refractivity contribution in [2.45, 2.75) is 33.0 Å². The van der Waals surface area contributed by atoms with Crippen LogP contribution in [0.4, 0.5) is 10.5 Å². The van der Waals surface area contributed by atoms with Crippen molar-refractivity contribution in [2.24, 2.45) is 0 Å². The summed E-state index contributed by atoms with van der Waals surface area (Å²) in [5.41, 5.74) is 7.14. The number of para-hydroxylation sites is 2. The van der Waals surface area contributed by atoms with E-state index in [4.69, 9.17) is 15.2 Å². The van der Waals surface area contributed by atoms with E-state index in [9.17, 15) is 4.79 Å². The number of imidazole rings is 1. The maximum atomic E-state index is 12.6. The largest absolute Gasteiger partial charge is 0.486 e. The van der Waals surface area contributed by atoms with E-state index in [1.54, 1.807) is 24.3 Å². The van der Waals surface area contributed by atoms with Crippen LogP contribution in [0.1, 0.15) is 26.6 Å². The Labute approximate surface area is 146 Å². The number of hydrogen-bond donors (Lipinski definition) is 1. The first kappa shape index (κ1) is 16.8. The number of carbonyl (C=O) groups is 1. The first-order valence-electron chi connectivity index (χ1n) is 8.01. The zero-order valence-electron chi connectivity index (χ0n) is 14.5. The molecule has 25 heavy (non-hydrogen) atoms. The zero-order valence-corrected chi connectivity index (χ0v) is 14.5. The lowest BCUT2D eigenvalue weighted by atomic mass is 10.2. The van der Waals surface area contributed by atoms with Crippen molar-refractivity contribution in [3.8, 4) is 5.75 Å². The van der Waals surface area contributed by atoms with Gasteiger partial charge in [0, 0.05) is 5.69 Å². The van der Waals surface area contributed by atoms with Gasteiger partial charge in [-0.05, 0) is 57.2 Å². The number of aromatic nitrogens is 2. The molecule has 0 spiro atoms. The molecule has 3 rings (SSSR count). The average molecular weight is 339 g/mol. The van der Waals surface area contributed by atoms with Crippen LogP contribution in [0.3, 0.4) is 0 Å². The Bertz CT molecular complexity index is 892. The van der Waals surface area contributed by atoms with Crippen molar-refractivity contribution >= 4 is 22.8 Å². The number of fused-ring (bicyclic) bond motifs is 1. The summed E-state index contributed by atoms with van der Waals surface area (Å²) in [4.78, 5) is 17.1. The Morgan fingerprint density at radius 3 is 2.48 bits per heavy atom. The van der Waals surface area contributed by atoms with E-state index in [-0.39, 0.29) is 6.61 Å². The van der Waals surface area contributed by atoms with Gasteiger partial charge in [0.25, 0.3) is 0 Å². The lowest BCUT2D eigenvalue weighted by Gasteiger charge is -2.20. The van der Waals surface area contributed by atoms with Crippen molar-refractivity contribution in [2.75, 3.05) is 5.73 Å². The van der Waals surface area contributed by atoms with Gasteiger partial charge in [0.2, 0.25) is 0 Å². The third-order valence-corrected chi connectivity index (χ3v) is 3.45. The number of rotatable bonds is 3. The molecule has 0 saturated carbocycles. The molecule has 0 aliphatic rings. The molecule has 0 unspecified atom stereocenters. The van der Waals surface area contributed by atoms with Crippen LogP contribution in [0.25, 0.3) is 11.0 Å². The van der Waals surface area contributed by atoms with Crippen molar-refractivity contribution in [3.05, 3.63) is 54.4 Å². The number of nitrogen functional groups attached to an aromatic ring is 1. The molecule has 6 nitrogen and oxygen atoms in total. The fourth-order valence-corrected chi connectivity index (χ4v) is 2.40. The minimum atomic E-state index is -0.600. The Kier molecular flexibility index (Phi) is 4.35. The summed E-state index contributed by atoms with van der Waals surface area (Å²) in [6, 6.07) is 14.5. The molecule has 6 heteroatoms. The average Bonchev–Trinajstić information content (AvgIpc) is 2.91. The highest BCUT2D eigenvalue weighted by molar-refractivity contribution is 5.87. The van der Waals surface area contributed by atoms with Gasteiger partial charge in [-0.3, -0.25) is 0 Å². The molecule has 0 aliphatic carbocycles. The number of nitrogens with zero attached hydrogens (tertiary/aromatic N) is 2. The van der Waals surface area contributed by atoms with Crippen LogP contribution in [0.5, 0.6) is 5.75 Å². The summed E-state index contributed by atoms with van der Waals surface area (Å²) < 4.78 is 12.7. The first-order chi connectivity index (χ1) is 11.8. The normalized spacial score (nSPS) is 11.5. The molecule has 0 atom stereocenters. The molecule has 1 aromatic heterocycles. The molecule has 0 amide bonds. The topological polar surface area (TPSA) is 79.4 Å². The Hall–Kier alpha value is -3.02. The second kappa shape index (κ2) is 6.47. The highest BCUT2D eigenvalue weighted by Gasteiger charge is 2.23. The Balaban J connectivity index is 1.92. The molecule has 0 saturated heterocycles. The number of carbonyl (C=O) groups excluding carboxylic acids is 1. The van der Waals surface area contributed by atoms with Crippen LogP contribution < -0.4 is 10.5 Å². The van der Waals surface area contributed by atoms with E-state index in [0.717, 1.165) is 0 Å². The SMILES string of the molecule is CC(C)(C)OC(=O)n1c(COc2ccc(N)cc2)nc2ccccc21. The molecule has 0 aliphatic heterocycles. The molecule has 0 radical (unpaired) electrons. The second-order valence-electron chi connectivity index (χ2n) is 6.69. The van der Waals surface area contributed by atoms with E-state index in [2.05, 4.69) is 4.98 Å². The van der Waals surface area contributed by atoms with Crippen LogP contribution in [-0.4, -0.2) is 21.2 Å². The fourth-order valence-electron chi connectivity index (χ4n) is 2.40. The Morgan fingerprint density at radius 2 is 1.80 bits per heavy atom. The van der Waals surface area contributed by atoms with Crippen LogP contribution in [0.15, 0.2) is 48.5 Å². The van der Waals surface area contributed by atoms with E-state index in [1.165, 1.54) is 4.57 Å². The van der Waals surface area contributed by atoms with Crippen LogP contribution in [0.2, 0.25) is 0 Å². The molecular formula is C19H21N3O3. The minimum Gasteiger partial charge on any atom is -0.486 e. The monoisotopic (exact) mass is 339 g/mol. The summed E-state index contributed by atoms with van der Waals surface area (Å²) in [5, 5.41) is 0. The predicted molar refractivity (Wildman–Crippen MR) is 96.6 cm³/mol. The van der Waals surface area contributed by atoms with E-state index in [0.29, 0.717) is 28.3 Å². The van der Waals surface area contributed by atoms with Gasteiger partial charge in [-0.25, -0.2) is 14.3 Å². The number of ether oxygens (including phenoxy) is 2. The van der Waals surface area contributed by atoms with Gasteiger partial charge in [0.15, 0.2) is 5.82 Å². The number of hydrogen-bond acceptors (Lipinski definition) is 5. The van der Waals surface area contributed by atoms with Gasteiger partial charge >= 0.3 is 6.09 Å². The summed E-state index contributed by atoms with van der Waals surface area (Å²) >= 11 is 0. The molecule has 3 aromatic rings. The maximum absolute atomic E-state index is 12.6. The molecule has 0 fully saturated rings. The quantitative estimate of drug-likeness (QED) is 0.730. The van der Waals surface area contributed by atoms with Gasteiger partial charge < -0.3 is 15.2 Å². The number of benzene rings is 2. The van der Waals surface area contributed by atoms with Crippen molar-refractivity contribution in [3.63, 3.8) is 0 Å². The second-order valence-corrected chi connectivity index (χ2v) is 6.69. The Morgan fingerprint density at radius 1 is 1.12 bits per heavy atom. The summed E-state index contributed by atoms with van der Waals surface area (Å²) in [6.45, 7) is 5.62. The molecular weight excluding hydrogens is 318 g/mol. The third-order valence-electron chi connectivity index (χ3n) is 3.45. The summed E-state index contributed by atoms with van der Waals surface area (Å²) in [6.07, 6.45) is -0.475. The zero-order chi connectivity index (χ0) is 18.0. The van der Waals surface area contributed by atoms with Crippen molar-refractivity contribution in [1.29, 1.82) is 0 Å². The third kappa shape index (κ3) is 3.91. The van der Waals surface area contributed by atoms with Gasteiger partial charge in [-0.2, -0.15) is 0 Å². The van der Waals surface area contributed by atoms with E-state index in [1.807, 2.05) is 45.0 Å². The molecule has 130 valence electrons. The molecule has 2 aromatic carbocycles. The van der Waals surface area contributed by atoms with Crippen molar-refractivity contribution in [1.82, 2.24) is 9.55 Å². The predicted octanol–water partition coefficient (Wildman–Crippen LogP) is 3.98. The number of anilines is 1. The van der Waals surface area contributed by atoms with Gasteiger partial charge in [0.1, 0.15) is 18.0 Å². The summed E-state index contributed by atoms with van der Waals surface area (Å²) in [7, 11) is 0. The van der Waals surface area contributed by atoms with Gasteiger partial charge in [-0.1, -0.05) is 12.1 Å². The fraction of sp³-hybridized carbons (Fsp3) is 0.263. The van der Waals surface area contributed by atoms with Crippen LogP contribution >= 0.6 is 0 Å². The lowest BCUT2D eigenvalue weighted by Crippen LogP contribution is -2.28. The van der Waals surface area contributed by atoms with Crippen LogP contribution in [-0.2, 0) is 11.3 Å². The summed E-state index contributed by atoms with van der Waals surface area (Å²) in [5.74, 6) is 1.13. The van der Waals surface area contributed by atoms with Gasteiger partial charge in [0.05, 0.1) is 11.0 Å². The highest BCUT2D eigenvalue weighted by atomic mass is 16.6. The first-order valence-corrected chi connectivity index (χ1v) is 8.01. The maximum Gasteiger partial charge on any atom is 0.420 e. The lowest BCUT2D eigenvalue weighted by molar-refractivity contribution is 0.0533. The van der Waals surface area contributed by atoms with E-state index < -0.39 is 11.7 Å². The number of nitrogens with two attached hydrogens (primary N) is 1.